The molecule has 0 spiro atoms. The Hall–Kier alpha value is -2.05. The molecule has 0 saturated carbocycles. The first-order chi connectivity index (χ1) is 8.70. The number of rotatable bonds is 1. The molecule has 7 heteroatoms. The standard InChI is InChI=1S/C12H11F4N3/c1-6-18-10(11(17)19(6)2)7-3-8(12(14,15)16)5-9(13)4-7/h3-5H,17H2,1-2H3. The second kappa shape index (κ2) is 4.25. The van der Waals surface area contributed by atoms with Crippen molar-refractivity contribution in [3.05, 3.63) is 35.4 Å². The molecule has 0 radical (unpaired) electrons. The summed E-state index contributed by atoms with van der Waals surface area (Å²) in [5, 5.41) is 0. The van der Waals surface area contributed by atoms with Crippen molar-refractivity contribution in [3.8, 4) is 11.3 Å². The maximum absolute atomic E-state index is 13.3. The normalized spacial score (nSPS) is 11.9. The van der Waals surface area contributed by atoms with E-state index in [-0.39, 0.29) is 17.1 Å². The number of nitrogen functional groups attached to an aromatic ring is 1. The Bertz CT molecular complexity index is 629. The number of aryl methyl sites for hydroxylation is 1. The first-order valence-corrected chi connectivity index (χ1v) is 5.37. The van der Waals surface area contributed by atoms with Gasteiger partial charge in [-0.1, -0.05) is 0 Å². The SMILES string of the molecule is Cc1nc(-c2cc(F)cc(C(F)(F)F)c2)c(N)n1C. The molecule has 1 heterocycles. The summed E-state index contributed by atoms with van der Waals surface area (Å²) in [6.45, 7) is 1.66. The predicted octanol–water partition coefficient (Wildman–Crippen LogP) is 3.14. The first kappa shape index (κ1) is 13.4. The van der Waals surface area contributed by atoms with Crippen LogP contribution in [0.3, 0.4) is 0 Å². The summed E-state index contributed by atoms with van der Waals surface area (Å²) in [5.41, 5.74) is 4.83. The van der Waals surface area contributed by atoms with E-state index in [1.54, 1.807) is 14.0 Å². The number of halogens is 4. The van der Waals surface area contributed by atoms with Gasteiger partial charge in [-0.25, -0.2) is 9.37 Å². The third-order valence-corrected chi connectivity index (χ3v) is 2.86. The van der Waals surface area contributed by atoms with E-state index in [4.69, 9.17) is 5.73 Å². The molecule has 0 aliphatic carbocycles. The number of hydrogen-bond donors (Lipinski definition) is 1. The van der Waals surface area contributed by atoms with Crippen LogP contribution in [0.2, 0.25) is 0 Å². The van der Waals surface area contributed by atoms with E-state index in [2.05, 4.69) is 4.98 Å². The summed E-state index contributed by atoms with van der Waals surface area (Å²) in [7, 11) is 1.63. The highest BCUT2D eigenvalue weighted by Crippen LogP contribution is 2.34. The molecule has 1 aromatic heterocycles. The predicted molar refractivity (Wildman–Crippen MR) is 62.8 cm³/mol. The van der Waals surface area contributed by atoms with Crippen molar-refractivity contribution in [2.75, 3.05) is 5.73 Å². The van der Waals surface area contributed by atoms with Crippen LogP contribution in [-0.4, -0.2) is 9.55 Å². The zero-order valence-electron chi connectivity index (χ0n) is 10.2. The van der Waals surface area contributed by atoms with Crippen molar-refractivity contribution in [1.29, 1.82) is 0 Å². The van der Waals surface area contributed by atoms with Gasteiger partial charge in [-0.05, 0) is 25.1 Å². The van der Waals surface area contributed by atoms with Gasteiger partial charge in [0.15, 0.2) is 0 Å². The van der Waals surface area contributed by atoms with Crippen LogP contribution in [0.1, 0.15) is 11.4 Å². The molecule has 0 aliphatic heterocycles. The van der Waals surface area contributed by atoms with Crippen LogP contribution in [0.15, 0.2) is 18.2 Å². The second-order valence-electron chi connectivity index (χ2n) is 4.18. The van der Waals surface area contributed by atoms with Crippen molar-refractivity contribution in [2.24, 2.45) is 7.05 Å². The summed E-state index contributed by atoms with van der Waals surface area (Å²) in [6.07, 6.45) is -4.62. The van der Waals surface area contributed by atoms with E-state index in [0.717, 1.165) is 12.1 Å². The average molecular weight is 273 g/mol. The molecule has 0 saturated heterocycles. The maximum atomic E-state index is 13.3. The number of nitrogens with two attached hydrogens (primary N) is 1. The molecule has 2 aromatic rings. The van der Waals surface area contributed by atoms with Crippen LogP contribution < -0.4 is 5.73 Å². The fraction of sp³-hybridized carbons (Fsp3) is 0.250. The number of hydrogen-bond acceptors (Lipinski definition) is 2. The van der Waals surface area contributed by atoms with Gasteiger partial charge < -0.3 is 10.3 Å². The lowest BCUT2D eigenvalue weighted by atomic mass is 10.1. The molecule has 0 amide bonds. The fourth-order valence-corrected chi connectivity index (χ4v) is 1.73. The minimum Gasteiger partial charge on any atom is -0.383 e. The second-order valence-corrected chi connectivity index (χ2v) is 4.18. The van der Waals surface area contributed by atoms with Crippen molar-refractivity contribution in [1.82, 2.24) is 9.55 Å². The van der Waals surface area contributed by atoms with Crippen molar-refractivity contribution < 1.29 is 17.6 Å². The third-order valence-electron chi connectivity index (χ3n) is 2.86. The molecular formula is C12H11F4N3. The Morgan fingerprint density at radius 2 is 1.84 bits per heavy atom. The molecule has 0 fully saturated rings. The van der Waals surface area contributed by atoms with E-state index >= 15 is 0 Å². The zero-order valence-corrected chi connectivity index (χ0v) is 10.2. The van der Waals surface area contributed by atoms with Gasteiger partial charge in [-0.15, -0.1) is 0 Å². The summed E-state index contributed by atoms with van der Waals surface area (Å²) in [4.78, 5) is 4.05. The summed E-state index contributed by atoms with van der Waals surface area (Å²) in [5.74, 6) is -0.255. The van der Waals surface area contributed by atoms with Crippen LogP contribution in [0, 0.1) is 12.7 Å². The van der Waals surface area contributed by atoms with Crippen LogP contribution in [0.25, 0.3) is 11.3 Å². The fourth-order valence-electron chi connectivity index (χ4n) is 1.73. The minimum atomic E-state index is -4.62. The molecular weight excluding hydrogens is 262 g/mol. The molecule has 2 N–H and O–H groups in total. The smallest absolute Gasteiger partial charge is 0.383 e. The minimum absolute atomic E-state index is 0.00789. The van der Waals surface area contributed by atoms with Crippen LogP contribution >= 0.6 is 0 Å². The summed E-state index contributed by atoms with van der Waals surface area (Å²) < 4.78 is 52.7. The molecule has 102 valence electrons. The van der Waals surface area contributed by atoms with Crippen LogP contribution in [0.5, 0.6) is 0 Å². The van der Waals surface area contributed by atoms with Gasteiger partial charge >= 0.3 is 6.18 Å². The number of benzene rings is 1. The number of aromatic nitrogens is 2. The van der Waals surface area contributed by atoms with Gasteiger partial charge in [0.1, 0.15) is 23.2 Å². The van der Waals surface area contributed by atoms with Crippen molar-refractivity contribution in [2.45, 2.75) is 13.1 Å². The molecule has 0 unspecified atom stereocenters. The molecule has 19 heavy (non-hydrogen) atoms. The van der Waals surface area contributed by atoms with Crippen LogP contribution in [0.4, 0.5) is 23.4 Å². The Balaban J connectivity index is 2.63. The largest absolute Gasteiger partial charge is 0.416 e. The van der Waals surface area contributed by atoms with E-state index in [9.17, 15) is 17.6 Å². The Morgan fingerprint density at radius 1 is 1.21 bits per heavy atom. The Kier molecular flexibility index (Phi) is 3.00. The molecule has 0 atom stereocenters. The molecule has 0 aliphatic rings. The highest BCUT2D eigenvalue weighted by molar-refractivity contribution is 5.71. The average Bonchev–Trinajstić information content (AvgIpc) is 2.55. The van der Waals surface area contributed by atoms with Gasteiger partial charge in [-0.3, -0.25) is 0 Å². The van der Waals surface area contributed by atoms with E-state index in [0.29, 0.717) is 11.9 Å². The van der Waals surface area contributed by atoms with Crippen molar-refractivity contribution in [3.63, 3.8) is 0 Å². The summed E-state index contributed by atoms with van der Waals surface area (Å²) in [6, 6.07) is 2.25. The Morgan fingerprint density at radius 3 is 2.32 bits per heavy atom. The third kappa shape index (κ3) is 2.40. The van der Waals surface area contributed by atoms with Gasteiger partial charge in [0, 0.05) is 12.6 Å². The molecule has 0 bridgehead atoms. The van der Waals surface area contributed by atoms with E-state index < -0.39 is 17.6 Å². The monoisotopic (exact) mass is 273 g/mol. The van der Waals surface area contributed by atoms with Crippen molar-refractivity contribution >= 4 is 5.82 Å². The highest BCUT2D eigenvalue weighted by Gasteiger charge is 2.31. The topological polar surface area (TPSA) is 43.8 Å². The lowest BCUT2D eigenvalue weighted by molar-refractivity contribution is -0.137. The van der Waals surface area contributed by atoms with E-state index in [1.165, 1.54) is 4.57 Å². The lowest BCUT2D eigenvalue weighted by Crippen LogP contribution is -2.06. The molecule has 1 aromatic carbocycles. The quantitative estimate of drug-likeness (QED) is 0.811. The Labute approximate surface area is 106 Å². The highest BCUT2D eigenvalue weighted by atomic mass is 19.4. The van der Waals surface area contributed by atoms with Gasteiger partial charge in [0.25, 0.3) is 0 Å². The van der Waals surface area contributed by atoms with E-state index in [1.807, 2.05) is 0 Å². The number of imidazole rings is 1. The summed E-state index contributed by atoms with van der Waals surface area (Å²) >= 11 is 0. The van der Waals surface area contributed by atoms with Gasteiger partial charge in [0.2, 0.25) is 0 Å². The number of nitrogens with zero attached hydrogens (tertiary/aromatic N) is 2. The molecule has 3 nitrogen and oxygen atoms in total. The van der Waals surface area contributed by atoms with Gasteiger partial charge in [0.05, 0.1) is 5.56 Å². The number of alkyl halides is 3. The zero-order chi connectivity index (χ0) is 14.4. The van der Waals surface area contributed by atoms with Crippen LogP contribution in [-0.2, 0) is 13.2 Å². The number of anilines is 1. The lowest BCUT2D eigenvalue weighted by Gasteiger charge is -2.09. The first-order valence-electron chi connectivity index (χ1n) is 5.37. The van der Waals surface area contributed by atoms with Gasteiger partial charge in [-0.2, -0.15) is 13.2 Å². The molecule has 2 rings (SSSR count). The maximum Gasteiger partial charge on any atom is 0.416 e.